The predicted molar refractivity (Wildman–Crippen MR) is 52.9 cm³/mol. The fourth-order valence-corrected chi connectivity index (χ4v) is 2.74. The van der Waals surface area contributed by atoms with Gasteiger partial charge in [0, 0.05) is 6.26 Å². The van der Waals surface area contributed by atoms with Gasteiger partial charge in [-0.15, -0.1) is 0 Å². The molecule has 1 aromatic rings. The quantitative estimate of drug-likeness (QED) is 0.701. The van der Waals surface area contributed by atoms with Crippen LogP contribution in [0.1, 0.15) is 11.1 Å². The molecule has 3 nitrogen and oxygen atoms in total. The summed E-state index contributed by atoms with van der Waals surface area (Å²) < 4.78 is 28.2. The molecule has 1 aliphatic rings. The van der Waals surface area contributed by atoms with Crippen molar-refractivity contribution >= 4 is 9.84 Å². The number of hydrogen-bond donors (Lipinski definition) is 0. The highest BCUT2D eigenvalue weighted by atomic mass is 32.2. The van der Waals surface area contributed by atoms with E-state index in [-0.39, 0.29) is 0 Å². The van der Waals surface area contributed by atoms with Crippen molar-refractivity contribution in [3.05, 3.63) is 29.3 Å². The van der Waals surface area contributed by atoms with Crippen LogP contribution in [0.3, 0.4) is 0 Å². The zero-order chi connectivity index (χ0) is 10.2. The highest BCUT2D eigenvalue weighted by molar-refractivity contribution is 7.90. The molecule has 0 fully saturated rings. The first-order chi connectivity index (χ1) is 6.59. The van der Waals surface area contributed by atoms with E-state index in [2.05, 4.69) is 0 Å². The standard InChI is InChI=1S/C10H12O3S/c1-14(11,12)10-4-2-3-8-7-13-6-5-9(8)10/h2-4H,5-7H2,1H3. The van der Waals surface area contributed by atoms with Crippen molar-refractivity contribution in [1.29, 1.82) is 0 Å². The van der Waals surface area contributed by atoms with E-state index in [1.54, 1.807) is 12.1 Å². The van der Waals surface area contributed by atoms with Crippen LogP contribution in [-0.4, -0.2) is 21.3 Å². The van der Waals surface area contributed by atoms with Gasteiger partial charge in [-0.2, -0.15) is 0 Å². The van der Waals surface area contributed by atoms with Crippen LogP contribution in [0, 0.1) is 0 Å². The molecule has 1 aliphatic heterocycles. The highest BCUT2D eigenvalue weighted by Crippen LogP contribution is 2.24. The molecule has 0 unspecified atom stereocenters. The maximum absolute atomic E-state index is 11.5. The van der Waals surface area contributed by atoms with Gasteiger partial charge in [-0.3, -0.25) is 0 Å². The van der Waals surface area contributed by atoms with Crippen molar-refractivity contribution in [1.82, 2.24) is 0 Å². The lowest BCUT2D eigenvalue weighted by atomic mass is 10.0. The van der Waals surface area contributed by atoms with Crippen LogP contribution < -0.4 is 0 Å². The van der Waals surface area contributed by atoms with Crippen molar-refractivity contribution in [2.45, 2.75) is 17.9 Å². The average Bonchev–Trinajstić information content (AvgIpc) is 2.15. The third-order valence-corrected chi connectivity index (χ3v) is 3.56. The molecule has 2 rings (SSSR count). The van der Waals surface area contributed by atoms with E-state index in [0.29, 0.717) is 24.5 Å². The second kappa shape index (κ2) is 3.37. The van der Waals surface area contributed by atoms with Crippen molar-refractivity contribution in [2.24, 2.45) is 0 Å². The molecule has 0 N–H and O–H groups in total. The van der Waals surface area contributed by atoms with Gasteiger partial charge in [0.05, 0.1) is 18.1 Å². The lowest BCUT2D eigenvalue weighted by Crippen LogP contribution is -2.14. The van der Waals surface area contributed by atoms with Crippen LogP contribution in [0.15, 0.2) is 23.1 Å². The Balaban J connectivity index is 2.62. The van der Waals surface area contributed by atoms with Gasteiger partial charge in [-0.1, -0.05) is 12.1 Å². The van der Waals surface area contributed by atoms with Gasteiger partial charge in [0.25, 0.3) is 0 Å². The number of fused-ring (bicyclic) bond motifs is 1. The van der Waals surface area contributed by atoms with Crippen LogP contribution in [0.5, 0.6) is 0 Å². The summed E-state index contributed by atoms with van der Waals surface area (Å²) in [7, 11) is -3.10. The first-order valence-corrected chi connectivity index (χ1v) is 6.37. The normalized spacial score (nSPS) is 16.4. The molecule has 0 bridgehead atoms. The highest BCUT2D eigenvalue weighted by Gasteiger charge is 2.18. The molecule has 0 radical (unpaired) electrons. The van der Waals surface area contributed by atoms with E-state index < -0.39 is 9.84 Å². The monoisotopic (exact) mass is 212 g/mol. The minimum absolute atomic E-state index is 0.457. The molecule has 0 spiro atoms. The number of sulfone groups is 1. The van der Waals surface area contributed by atoms with Gasteiger partial charge >= 0.3 is 0 Å². The summed E-state index contributed by atoms with van der Waals surface area (Å²) in [6.45, 7) is 1.14. The van der Waals surface area contributed by atoms with E-state index in [9.17, 15) is 8.42 Å². The van der Waals surface area contributed by atoms with Crippen molar-refractivity contribution in [3.8, 4) is 0 Å². The minimum Gasteiger partial charge on any atom is -0.376 e. The Morgan fingerprint density at radius 3 is 2.86 bits per heavy atom. The second-order valence-electron chi connectivity index (χ2n) is 3.47. The van der Waals surface area contributed by atoms with E-state index in [0.717, 1.165) is 11.1 Å². The van der Waals surface area contributed by atoms with Gasteiger partial charge < -0.3 is 4.74 Å². The second-order valence-corrected chi connectivity index (χ2v) is 5.45. The fourth-order valence-electron chi connectivity index (χ4n) is 1.73. The lowest BCUT2D eigenvalue weighted by molar-refractivity contribution is 0.110. The first-order valence-electron chi connectivity index (χ1n) is 4.47. The Labute approximate surface area is 83.6 Å². The van der Waals surface area contributed by atoms with E-state index in [1.807, 2.05) is 6.07 Å². The Bertz CT molecular complexity index is 448. The molecular formula is C10H12O3S. The molecule has 0 saturated heterocycles. The minimum atomic E-state index is -3.10. The van der Waals surface area contributed by atoms with Crippen LogP contribution in [0.25, 0.3) is 0 Å². The van der Waals surface area contributed by atoms with E-state index in [1.165, 1.54) is 6.26 Å². The summed E-state index contributed by atoms with van der Waals surface area (Å²) in [6.07, 6.45) is 1.94. The number of hydrogen-bond acceptors (Lipinski definition) is 3. The molecule has 1 heterocycles. The first kappa shape index (κ1) is 9.68. The number of rotatable bonds is 1. The Kier molecular flexibility index (Phi) is 2.33. The topological polar surface area (TPSA) is 43.4 Å². The van der Waals surface area contributed by atoms with Gasteiger partial charge in [-0.05, 0) is 23.6 Å². The summed E-state index contributed by atoms with van der Waals surface area (Å²) in [5.41, 5.74) is 1.93. The van der Waals surface area contributed by atoms with Crippen LogP contribution >= 0.6 is 0 Å². The van der Waals surface area contributed by atoms with Crippen LogP contribution in [0.4, 0.5) is 0 Å². The molecule has 1 aromatic carbocycles. The molecule has 0 atom stereocenters. The molecule has 0 aromatic heterocycles. The summed E-state index contributed by atoms with van der Waals surface area (Å²) in [4.78, 5) is 0.457. The maximum atomic E-state index is 11.5. The zero-order valence-corrected chi connectivity index (χ0v) is 8.80. The molecule has 4 heteroatoms. The molecule has 0 amide bonds. The SMILES string of the molecule is CS(=O)(=O)c1cccc2c1CCOC2. The summed E-state index contributed by atoms with van der Waals surface area (Å²) >= 11 is 0. The lowest BCUT2D eigenvalue weighted by Gasteiger charge is -2.18. The van der Waals surface area contributed by atoms with Gasteiger partial charge in [-0.25, -0.2) is 8.42 Å². The summed E-state index contributed by atoms with van der Waals surface area (Å²) in [6, 6.07) is 5.35. The van der Waals surface area contributed by atoms with E-state index in [4.69, 9.17) is 4.74 Å². The van der Waals surface area contributed by atoms with Crippen molar-refractivity contribution in [3.63, 3.8) is 0 Å². The van der Waals surface area contributed by atoms with E-state index >= 15 is 0 Å². The Morgan fingerprint density at radius 2 is 2.14 bits per heavy atom. The Hall–Kier alpha value is -0.870. The average molecular weight is 212 g/mol. The predicted octanol–water partition coefficient (Wildman–Crippen LogP) is 1.16. The largest absolute Gasteiger partial charge is 0.376 e. The third-order valence-electron chi connectivity index (χ3n) is 2.38. The number of ether oxygens (including phenoxy) is 1. The third kappa shape index (κ3) is 1.67. The number of benzene rings is 1. The molecular weight excluding hydrogens is 200 g/mol. The molecule has 0 saturated carbocycles. The van der Waals surface area contributed by atoms with Gasteiger partial charge in [0.15, 0.2) is 9.84 Å². The van der Waals surface area contributed by atoms with Crippen molar-refractivity contribution in [2.75, 3.05) is 12.9 Å². The maximum Gasteiger partial charge on any atom is 0.175 e. The molecule has 0 aliphatic carbocycles. The fraction of sp³-hybridized carbons (Fsp3) is 0.400. The van der Waals surface area contributed by atoms with Crippen molar-refractivity contribution < 1.29 is 13.2 Å². The van der Waals surface area contributed by atoms with Gasteiger partial charge in [0.1, 0.15) is 0 Å². The van der Waals surface area contributed by atoms with Gasteiger partial charge in [0.2, 0.25) is 0 Å². The smallest absolute Gasteiger partial charge is 0.175 e. The van der Waals surface area contributed by atoms with Crippen LogP contribution in [-0.2, 0) is 27.6 Å². The molecule has 14 heavy (non-hydrogen) atoms. The van der Waals surface area contributed by atoms with Crippen LogP contribution in [0.2, 0.25) is 0 Å². The Morgan fingerprint density at radius 1 is 1.36 bits per heavy atom. The summed E-state index contributed by atoms with van der Waals surface area (Å²) in [5.74, 6) is 0. The zero-order valence-electron chi connectivity index (χ0n) is 7.99. The summed E-state index contributed by atoms with van der Waals surface area (Å²) in [5, 5.41) is 0. The molecule has 76 valence electrons.